The van der Waals surface area contributed by atoms with Gasteiger partial charge >= 0.3 is 0 Å². The van der Waals surface area contributed by atoms with Gasteiger partial charge in [-0.15, -0.1) is 11.3 Å². The van der Waals surface area contributed by atoms with Crippen LogP contribution >= 0.6 is 11.3 Å². The zero-order chi connectivity index (χ0) is 28.5. The number of nitrogens with zero attached hydrogens (tertiary/aromatic N) is 2. The average Bonchev–Trinajstić information content (AvgIpc) is 3.45. The molecule has 0 unspecified atom stereocenters. The quantitative estimate of drug-likeness (QED) is 0.219. The van der Waals surface area contributed by atoms with E-state index in [1.807, 2.05) is 36.4 Å². The fourth-order valence-corrected chi connectivity index (χ4v) is 4.98. The molecule has 210 valence electrons. The van der Waals surface area contributed by atoms with E-state index in [2.05, 4.69) is 15.2 Å². The minimum atomic E-state index is -0.365. The highest BCUT2D eigenvalue weighted by Crippen LogP contribution is 2.29. The number of rotatable bonds is 13. The molecule has 0 bridgehead atoms. The first-order chi connectivity index (χ1) is 19.4. The van der Waals surface area contributed by atoms with E-state index in [4.69, 9.17) is 18.9 Å². The minimum Gasteiger partial charge on any atom is -0.497 e. The lowest BCUT2D eigenvalue weighted by atomic mass is 10.1. The van der Waals surface area contributed by atoms with Crippen molar-refractivity contribution in [1.82, 2.24) is 9.88 Å². The van der Waals surface area contributed by atoms with Crippen molar-refractivity contribution in [2.75, 3.05) is 40.3 Å². The molecule has 1 aromatic heterocycles. The Labute approximate surface area is 237 Å². The normalized spacial score (nSPS) is 10.8. The summed E-state index contributed by atoms with van der Waals surface area (Å²) in [6, 6.07) is 17.3. The van der Waals surface area contributed by atoms with Crippen LogP contribution in [-0.2, 0) is 19.5 Å². The van der Waals surface area contributed by atoms with Gasteiger partial charge in [0.1, 0.15) is 28.0 Å². The fraction of sp³-hybridized carbons (Fsp3) is 0.267. The molecule has 8 nitrogen and oxygen atoms in total. The standard InChI is InChI=1S/C30H32FN3O5S/c1-36-24-11-6-21(27(16-24)38-3)17-34(14-13-20-5-12-26(37-2)28(15-20)39-4)18-29-33-25(19-40-29)30(35)32-23-9-7-22(31)8-10-23/h5-12,15-16,19H,13-14,17-18H2,1-4H3,(H,32,35). The van der Waals surface area contributed by atoms with Crippen LogP contribution in [0.25, 0.3) is 0 Å². The number of nitrogens with one attached hydrogen (secondary N) is 1. The Kier molecular flexibility index (Phi) is 9.93. The molecule has 0 saturated heterocycles. The van der Waals surface area contributed by atoms with Crippen molar-refractivity contribution in [3.63, 3.8) is 0 Å². The van der Waals surface area contributed by atoms with E-state index in [9.17, 15) is 9.18 Å². The van der Waals surface area contributed by atoms with E-state index in [-0.39, 0.29) is 11.7 Å². The summed E-state index contributed by atoms with van der Waals surface area (Å²) >= 11 is 1.42. The monoisotopic (exact) mass is 565 g/mol. The summed E-state index contributed by atoms with van der Waals surface area (Å²) in [7, 11) is 6.50. The topological polar surface area (TPSA) is 82.2 Å². The van der Waals surface area contributed by atoms with Crippen molar-refractivity contribution >= 4 is 22.9 Å². The number of methoxy groups -OCH3 is 4. The molecule has 1 heterocycles. The SMILES string of the molecule is COc1ccc(CN(CCc2ccc(OC)c(OC)c2)Cc2nc(C(=O)Nc3ccc(F)cc3)cs2)c(OC)c1. The Bertz CT molecular complexity index is 1430. The predicted molar refractivity (Wildman–Crippen MR) is 153 cm³/mol. The van der Waals surface area contributed by atoms with Crippen molar-refractivity contribution < 1.29 is 28.1 Å². The number of hydrogen-bond acceptors (Lipinski definition) is 8. The second-order valence-electron chi connectivity index (χ2n) is 8.92. The van der Waals surface area contributed by atoms with Gasteiger partial charge in [0.05, 0.1) is 35.0 Å². The van der Waals surface area contributed by atoms with E-state index in [0.717, 1.165) is 28.3 Å². The van der Waals surface area contributed by atoms with Crippen LogP contribution in [0.3, 0.4) is 0 Å². The summed E-state index contributed by atoms with van der Waals surface area (Å²) in [6.45, 7) is 1.83. The van der Waals surface area contributed by atoms with Gasteiger partial charge in [-0.05, 0) is 54.4 Å². The Balaban J connectivity index is 1.51. The van der Waals surface area contributed by atoms with Gasteiger partial charge < -0.3 is 24.3 Å². The molecule has 0 saturated carbocycles. The number of anilines is 1. The van der Waals surface area contributed by atoms with Crippen LogP contribution in [0.5, 0.6) is 23.0 Å². The Morgan fingerprint density at radius 1 is 0.875 bits per heavy atom. The molecule has 3 aromatic carbocycles. The lowest BCUT2D eigenvalue weighted by Crippen LogP contribution is -2.26. The summed E-state index contributed by atoms with van der Waals surface area (Å²) in [5.41, 5.74) is 2.92. The molecule has 1 N–H and O–H groups in total. The van der Waals surface area contributed by atoms with Gasteiger partial charge in [-0.2, -0.15) is 0 Å². The molecule has 0 aliphatic carbocycles. The van der Waals surface area contributed by atoms with Crippen LogP contribution < -0.4 is 24.3 Å². The minimum absolute atomic E-state index is 0.311. The summed E-state index contributed by atoms with van der Waals surface area (Å²) in [5.74, 6) is 2.10. The molecule has 0 aliphatic rings. The highest BCUT2D eigenvalue weighted by Gasteiger charge is 2.17. The highest BCUT2D eigenvalue weighted by atomic mass is 32.1. The summed E-state index contributed by atoms with van der Waals surface area (Å²) in [4.78, 5) is 19.6. The second kappa shape index (κ2) is 13.8. The van der Waals surface area contributed by atoms with Crippen LogP contribution in [-0.4, -0.2) is 50.8 Å². The molecule has 0 spiro atoms. The van der Waals surface area contributed by atoms with Crippen LogP contribution in [0, 0.1) is 5.82 Å². The first-order valence-corrected chi connectivity index (χ1v) is 13.5. The zero-order valence-corrected chi connectivity index (χ0v) is 23.7. The molecule has 4 aromatic rings. The maximum atomic E-state index is 13.2. The smallest absolute Gasteiger partial charge is 0.275 e. The number of carbonyl (C=O) groups excluding carboxylic acids is 1. The third kappa shape index (κ3) is 7.49. The first-order valence-electron chi connectivity index (χ1n) is 12.6. The molecule has 10 heteroatoms. The van der Waals surface area contributed by atoms with Crippen LogP contribution in [0.4, 0.5) is 10.1 Å². The number of hydrogen-bond donors (Lipinski definition) is 1. The van der Waals surface area contributed by atoms with Gasteiger partial charge in [0.2, 0.25) is 0 Å². The Hall–Kier alpha value is -4.15. The Morgan fingerprint density at radius 3 is 2.33 bits per heavy atom. The van der Waals surface area contributed by atoms with Crippen LogP contribution in [0.1, 0.15) is 26.6 Å². The molecule has 4 rings (SSSR count). The molecular weight excluding hydrogens is 533 g/mol. The number of carbonyl (C=O) groups is 1. The van der Waals surface area contributed by atoms with Gasteiger partial charge in [0, 0.05) is 35.8 Å². The van der Waals surface area contributed by atoms with Crippen LogP contribution in [0.2, 0.25) is 0 Å². The zero-order valence-electron chi connectivity index (χ0n) is 22.9. The van der Waals surface area contributed by atoms with E-state index in [0.29, 0.717) is 48.3 Å². The largest absolute Gasteiger partial charge is 0.497 e. The van der Waals surface area contributed by atoms with E-state index < -0.39 is 0 Å². The van der Waals surface area contributed by atoms with Crippen LogP contribution in [0.15, 0.2) is 66.0 Å². The first kappa shape index (κ1) is 28.8. The highest BCUT2D eigenvalue weighted by molar-refractivity contribution is 7.09. The van der Waals surface area contributed by atoms with Gasteiger partial charge in [0.25, 0.3) is 5.91 Å². The summed E-state index contributed by atoms with van der Waals surface area (Å²) in [6.07, 6.45) is 0.752. The molecule has 0 radical (unpaired) electrons. The number of aromatic nitrogens is 1. The van der Waals surface area contributed by atoms with Gasteiger partial charge in [-0.25, -0.2) is 9.37 Å². The maximum Gasteiger partial charge on any atom is 0.275 e. The van der Waals surface area contributed by atoms with Crippen molar-refractivity contribution in [2.24, 2.45) is 0 Å². The predicted octanol–water partition coefficient (Wildman–Crippen LogP) is 5.81. The third-order valence-corrected chi connectivity index (χ3v) is 7.13. The lowest BCUT2D eigenvalue weighted by Gasteiger charge is -2.23. The number of halogens is 1. The Morgan fingerprint density at radius 2 is 1.62 bits per heavy atom. The van der Waals surface area contributed by atoms with Crippen molar-refractivity contribution in [2.45, 2.75) is 19.5 Å². The van der Waals surface area contributed by atoms with E-state index in [1.54, 1.807) is 33.8 Å². The molecule has 40 heavy (non-hydrogen) atoms. The molecule has 0 fully saturated rings. The maximum absolute atomic E-state index is 13.2. The van der Waals surface area contributed by atoms with Crippen molar-refractivity contribution in [1.29, 1.82) is 0 Å². The molecular formula is C30H32FN3O5S. The van der Waals surface area contributed by atoms with E-state index >= 15 is 0 Å². The number of benzene rings is 3. The van der Waals surface area contributed by atoms with E-state index in [1.165, 1.54) is 35.6 Å². The van der Waals surface area contributed by atoms with Gasteiger partial charge in [-0.3, -0.25) is 9.69 Å². The van der Waals surface area contributed by atoms with Gasteiger partial charge in [0.15, 0.2) is 11.5 Å². The average molecular weight is 566 g/mol. The lowest BCUT2D eigenvalue weighted by molar-refractivity contribution is 0.102. The van der Waals surface area contributed by atoms with Crippen molar-refractivity contribution in [3.05, 3.63) is 93.7 Å². The molecule has 1 amide bonds. The summed E-state index contributed by atoms with van der Waals surface area (Å²) < 4.78 is 35.0. The fourth-order valence-electron chi connectivity index (χ4n) is 4.17. The van der Waals surface area contributed by atoms with Crippen molar-refractivity contribution in [3.8, 4) is 23.0 Å². The van der Waals surface area contributed by atoms with Gasteiger partial charge in [-0.1, -0.05) is 12.1 Å². The summed E-state index contributed by atoms with van der Waals surface area (Å²) in [5, 5.41) is 5.29. The number of thiazole rings is 1. The molecule has 0 atom stereocenters. The molecule has 0 aliphatic heterocycles. The third-order valence-electron chi connectivity index (χ3n) is 6.30. The number of ether oxygens (including phenoxy) is 4. The number of amides is 1. The second-order valence-corrected chi connectivity index (χ2v) is 9.86.